The first-order valence-electron chi connectivity index (χ1n) is 7.63. The number of nitrogens with zero attached hydrogens (tertiary/aromatic N) is 1. The Labute approximate surface area is 139 Å². The topological polar surface area (TPSA) is 78.5 Å². The van der Waals surface area contributed by atoms with Crippen LogP contribution in [-0.2, 0) is 6.54 Å². The SMILES string of the molecule is CC(NC(=O)NCc1ccccc1)N1C(=O)c2ccccc2C1=O. The molecule has 0 bridgehead atoms. The molecule has 0 spiro atoms. The van der Waals surface area contributed by atoms with Gasteiger partial charge in [-0.05, 0) is 24.6 Å². The minimum absolute atomic E-state index is 0.362. The predicted molar refractivity (Wildman–Crippen MR) is 88.2 cm³/mol. The van der Waals surface area contributed by atoms with Crippen LogP contribution < -0.4 is 10.6 Å². The monoisotopic (exact) mass is 323 g/mol. The molecule has 3 rings (SSSR count). The van der Waals surface area contributed by atoms with E-state index in [1.54, 1.807) is 31.2 Å². The molecule has 1 aliphatic rings. The maximum Gasteiger partial charge on any atom is 0.316 e. The van der Waals surface area contributed by atoms with Crippen molar-refractivity contribution in [1.82, 2.24) is 15.5 Å². The van der Waals surface area contributed by atoms with Crippen LogP contribution in [0.15, 0.2) is 54.6 Å². The van der Waals surface area contributed by atoms with Crippen LogP contribution in [-0.4, -0.2) is 28.9 Å². The van der Waals surface area contributed by atoms with Gasteiger partial charge in [-0.15, -0.1) is 0 Å². The Morgan fingerprint density at radius 1 is 0.958 bits per heavy atom. The van der Waals surface area contributed by atoms with Gasteiger partial charge in [0.1, 0.15) is 6.17 Å². The molecular weight excluding hydrogens is 306 g/mol. The van der Waals surface area contributed by atoms with Gasteiger partial charge in [-0.3, -0.25) is 14.5 Å². The third-order valence-electron chi connectivity index (χ3n) is 3.85. The van der Waals surface area contributed by atoms with Crippen molar-refractivity contribution >= 4 is 17.8 Å². The van der Waals surface area contributed by atoms with Gasteiger partial charge in [-0.1, -0.05) is 42.5 Å². The summed E-state index contributed by atoms with van der Waals surface area (Å²) < 4.78 is 0. The van der Waals surface area contributed by atoms with Crippen molar-refractivity contribution in [3.63, 3.8) is 0 Å². The second kappa shape index (κ2) is 6.54. The smallest absolute Gasteiger partial charge is 0.316 e. The molecule has 0 saturated heterocycles. The largest absolute Gasteiger partial charge is 0.334 e. The van der Waals surface area contributed by atoms with Gasteiger partial charge in [-0.2, -0.15) is 0 Å². The van der Waals surface area contributed by atoms with Crippen LogP contribution in [0.3, 0.4) is 0 Å². The van der Waals surface area contributed by atoms with E-state index in [-0.39, 0.29) is 0 Å². The molecule has 24 heavy (non-hydrogen) atoms. The van der Waals surface area contributed by atoms with Gasteiger partial charge in [0.15, 0.2) is 0 Å². The number of nitrogens with one attached hydrogen (secondary N) is 2. The van der Waals surface area contributed by atoms with Crippen molar-refractivity contribution < 1.29 is 14.4 Å². The van der Waals surface area contributed by atoms with Gasteiger partial charge in [-0.25, -0.2) is 4.79 Å². The molecule has 6 heteroatoms. The summed E-state index contributed by atoms with van der Waals surface area (Å²) in [6, 6.07) is 15.6. The number of hydrogen-bond donors (Lipinski definition) is 2. The molecule has 0 radical (unpaired) electrons. The third-order valence-corrected chi connectivity index (χ3v) is 3.85. The highest BCUT2D eigenvalue weighted by Gasteiger charge is 2.38. The van der Waals surface area contributed by atoms with Crippen LogP contribution >= 0.6 is 0 Å². The molecule has 2 aromatic rings. The van der Waals surface area contributed by atoms with Crippen molar-refractivity contribution in [2.24, 2.45) is 0 Å². The van der Waals surface area contributed by atoms with Gasteiger partial charge in [0, 0.05) is 6.54 Å². The fourth-order valence-corrected chi connectivity index (χ4v) is 2.64. The summed E-state index contributed by atoms with van der Waals surface area (Å²) in [4.78, 5) is 37.7. The van der Waals surface area contributed by atoms with E-state index in [0.29, 0.717) is 17.7 Å². The van der Waals surface area contributed by atoms with Crippen LogP contribution in [0.1, 0.15) is 33.2 Å². The molecule has 122 valence electrons. The molecule has 1 unspecified atom stereocenters. The number of carbonyl (C=O) groups is 3. The zero-order valence-corrected chi connectivity index (χ0v) is 13.2. The number of rotatable bonds is 4. The lowest BCUT2D eigenvalue weighted by atomic mass is 10.1. The number of benzene rings is 2. The Balaban J connectivity index is 1.61. The standard InChI is InChI=1S/C18H17N3O3/c1-12(20-18(24)19-11-13-7-3-2-4-8-13)21-16(22)14-9-5-6-10-15(14)17(21)23/h2-10,12H,11H2,1H3,(H2,19,20,24). The van der Waals surface area contributed by atoms with E-state index < -0.39 is 24.0 Å². The van der Waals surface area contributed by atoms with Gasteiger partial charge in [0.2, 0.25) is 0 Å². The van der Waals surface area contributed by atoms with E-state index in [1.807, 2.05) is 30.3 Å². The number of carbonyl (C=O) groups excluding carboxylic acids is 3. The first kappa shape index (κ1) is 15.7. The average molecular weight is 323 g/mol. The lowest BCUT2D eigenvalue weighted by Crippen LogP contribution is -2.51. The van der Waals surface area contributed by atoms with Gasteiger partial charge in [0.05, 0.1) is 11.1 Å². The van der Waals surface area contributed by atoms with Gasteiger partial charge >= 0.3 is 6.03 Å². The Bertz CT molecular complexity index is 754. The minimum Gasteiger partial charge on any atom is -0.334 e. The zero-order valence-electron chi connectivity index (χ0n) is 13.2. The molecule has 0 fully saturated rings. The first-order chi connectivity index (χ1) is 11.6. The Morgan fingerprint density at radius 3 is 2.08 bits per heavy atom. The first-order valence-corrected chi connectivity index (χ1v) is 7.63. The second-order valence-electron chi connectivity index (χ2n) is 5.51. The van der Waals surface area contributed by atoms with Crippen LogP contribution in [0, 0.1) is 0 Å². The van der Waals surface area contributed by atoms with E-state index >= 15 is 0 Å². The van der Waals surface area contributed by atoms with Crippen LogP contribution in [0.25, 0.3) is 0 Å². The van der Waals surface area contributed by atoms with Crippen molar-refractivity contribution in [3.8, 4) is 0 Å². The van der Waals surface area contributed by atoms with E-state index in [2.05, 4.69) is 10.6 Å². The maximum absolute atomic E-state index is 12.3. The van der Waals surface area contributed by atoms with E-state index in [9.17, 15) is 14.4 Å². The summed E-state index contributed by atoms with van der Waals surface area (Å²) in [6.45, 7) is 1.96. The van der Waals surface area contributed by atoms with Gasteiger partial charge in [0.25, 0.3) is 11.8 Å². The lowest BCUT2D eigenvalue weighted by molar-refractivity contribution is 0.0579. The number of amides is 4. The maximum atomic E-state index is 12.3. The molecule has 0 aliphatic carbocycles. The summed E-state index contributed by atoms with van der Waals surface area (Å²) in [5.41, 5.74) is 1.68. The molecule has 6 nitrogen and oxygen atoms in total. The van der Waals surface area contributed by atoms with E-state index in [0.717, 1.165) is 10.5 Å². The lowest BCUT2D eigenvalue weighted by Gasteiger charge is -2.23. The summed E-state index contributed by atoms with van der Waals surface area (Å²) in [5, 5.41) is 5.33. The summed E-state index contributed by atoms with van der Waals surface area (Å²) in [5.74, 6) is -0.794. The Morgan fingerprint density at radius 2 is 1.50 bits per heavy atom. The second-order valence-corrected chi connectivity index (χ2v) is 5.51. The number of fused-ring (bicyclic) bond motifs is 1. The average Bonchev–Trinajstić information content (AvgIpc) is 2.85. The zero-order chi connectivity index (χ0) is 17.1. The fraction of sp³-hybridized carbons (Fsp3) is 0.167. The highest BCUT2D eigenvalue weighted by atomic mass is 16.2. The van der Waals surface area contributed by atoms with Crippen molar-refractivity contribution in [1.29, 1.82) is 0 Å². The molecule has 2 aromatic carbocycles. The highest BCUT2D eigenvalue weighted by Crippen LogP contribution is 2.23. The fourth-order valence-electron chi connectivity index (χ4n) is 2.64. The third kappa shape index (κ3) is 2.99. The molecule has 1 aliphatic heterocycles. The number of imide groups is 1. The molecule has 2 N–H and O–H groups in total. The Kier molecular flexibility index (Phi) is 4.29. The predicted octanol–water partition coefficient (Wildman–Crippen LogP) is 2.13. The van der Waals surface area contributed by atoms with Crippen molar-refractivity contribution in [3.05, 3.63) is 71.3 Å². The van der Waals surface area contributed by atoms with Crippen LogP contribution in [0.2, 0.25) is 0 Å². The molecule has 4 amide bonds. The summed E-state index contributed by atoms with van der Waals surface area (Å²) in [7, 11) is 0. The van der Waals surface area contributed by atoms with Crippen molar-refractivity contribution in [2.75, 3.05) is 0 Å². The summed E-state index contributed by atoms with van der Waals surface area (Å²) in [6.07, 6.45) is -0.742. The minimum atomic E-state index is -0.742. The number of urea groups is 1. The molecule has 1 atom stereocenters. The Hall–Kier alpha value is -3.15. The normalized spacial score (nSPS) is 14.3. The van der Waals surface area contributed by atoms with E-state index in [1.165, 1.54) is 0 Å². The summed E-state index contributed by atoms with van der Waals surface area (Å²) >= 11 is 0. The van der Waals surface area contributed by atoms with Crippen molar-refractivity contribution in [2.45, 2.75) is 19.6 Å². The van der Waals surface area contributed by atoms with Crippen LogP contribution in [0.5, 0.6) is 0 Å². The highest BCUT2D eigenvalue weighted by molar-refractivity contribution is 6.21. The van der Waals surface area contributed by atoms with E-state index in [4.69, 9.17) is 0 Å². The molecule has 1 heterocycles. The molecule has 0 saturated carbocycles. The number of hydrogen-bond acceptors (Lipinski definition) is 3. The van der Waals surface area contributed by atoms with Gasteiger partial charge < -0.3 is 10.6 Å². The molecule has 0 aromatic heterocycles. The molecular formula is C18H17N3O3. The quantitative estimate of drug-likeness (QED) is 0.846. The van der Waals surface area contributed by atoms with Crippen LogP contribution in [0.4, 0.5) is 4.79 Å².